The van der Waals surface area contributed by atoms with Gasteiger partial charge in [0.2, 0.25) is 17.7 Å². The van der Waals surface area contributed by atoms with Crippen LogP contribution in [-0.2, 0) is 30.4 Å². The molecule has 1 aromatic carbocycles. The molecule has 0 unspecified atom stereocenters. The first-order valence-corrected chi connectivity index (χ1v) is 9.72. The van der Waals surface area contributed by atoms with Crippen LogP contribution in [0.3, 0.4) is 0 Å². The summed E-state index contributed by atoms with van der Waals surface area (Å²) < 4.78 is 0. The summed E-state index contributed by atoms with van der Waals surface area (Å²) in [5.41, 5.74) is 12.0. The van der Waals surface area contributed by atoms with E-state index in [9.17, 15) is 29.1 Å². The number of fused-ring (bicyclic) bond motifs is 1. The number of aromatic nitrogens is 1. The van der Waals surface area contributed by atoms with Crippen LogP contribution in [0, 0.1) is 0 Å². The third kappa shape index (κ3) is 6.80. The number of rotatable bonds is 12. The van der Waals surface area contributed by atoms with Gasteiger partial charge in [0, 0.05) is 29.9 Å². The molecule has 0 bridgehead atoms. The van der Waals surface area contributed by atoms with Gasteiger partial charge in [-0.05, 0) is 18.1 Å². The Labute approximate surface area is 182 Å². The first-order chi connectivity index (χ1) is 15.1. The second-order valence-electron chi connectivity index (χ2n) is 7.23. The Kier molecular flexibility index (Phi) is 8.30. The fourth-order valence-electron chi connectivity index (χ4n) is 3.12. The van der Waals surface area contributed by atoms with Gasteiger partial charge in [-0.1, -0.05) is 18.2 Å². The van der Waals surface area contributed by atoms with E-state index in [0.717, 1.165) is 10.9 Å². The summed E-state index contributed by atoms with van der Waals surface area (Å²) in [5.74, 6) is -5.13. The highest BCUT2D eigenvalue weighted by atomic mass is 16.4. The molecule has 2 rings (SSSR count). The van der Waals surface area contributed by atoms with Crippen LogP contribution in [0.15, 0.2) is 30.5 Å². The zero-order valence-corrected chi connectivity index (χ0v) is 17.0. The molecule has 1 heterocycles. The van der Waals surface area contributed by atoms with Crippen molar-refractivity contribution in [2.75, 3.05) is 0 Å². The standard InChI is InChI=1S/C20H25N5O7/c21-12(8-16(22)26)18(29)24-14(5-6-17(27)28)19(30)25-15(20(31)32)7-10-9-23-13-4-2-1-3-11(10)13/h1-4,9,12,14-15,23H,5-8,21H2,(H2,22,26)(H,24,29)(H,25,30)(H,27,28)(H,31,32)/t12-,14-,15-/m0/s1. The number of carbonyl (C=O) groups excluding carboxylic acids is 3. The van der Waals surface area contributed by atoms with Crippen LogP contribution in [0.5, 0.6) is 0 Å². The van der Waals surface area contributed by atoms with Gasteiger partial charge in [-0.2, -0.15) is 0 Å². The lowest BCUT2D eigenvalue weighted by Crippen LogP contribution is -2.55. The van der Waals surface area contributed by atoms with Crippen LogP contribution in [0.4, 0.5) is 0 Å². The minimum absolute atomic E-state index is 0.0497. The summed E-state index contributed by atoms with van der Waals surface area (Å²) in [5, 5.41) is 23.9. The number of carboxylic acids is 2. The molecule has 0 saturated carbocycles. The number of carboxylic acid groups (broad SMARTS) is 2. The maximum Gasteiger partial charge on any atom is 0.326 e. The monoisotopic (exact) mass is 447 g/mol. The lowest BCUT2D eigenvalue weighted by Gasteiger charge is -2.22. The number of carbonyl (C=O) groups is 5. The molecule has 0 aliphatic carbocycles. The predicted octanol–water partition coefficient (Wildman–Crippen LogP) is -1.17. The number of para-hydroxylation sites is 1. The topological polar surface area (TPSA) is 218 Å². The fraction of sp³-hybridized carbons (Fsp3) is 0.350. The first-order valence-electron chi connectivity index (χ1n) is 9.72. The van der Waals surface area contributed by atoms with Crippen molar-refractivity contribution >= 4 is 40.6 Å². The highest BCUT2D eigenvalue weighted by Gasteiger charge is 2.29. The Hall–Kier alpha value is -3.93. The predicted molar refractivity (Wildman–Crippen MR) is 112 cm³/mol. The minimum atomic E-state index is -1.37. The Morgan fingerprint density at radius 3 is 2.28 bits per heavy atom. The molecule has 9 N–H and O–H groups in total. The van der Waals surface area contributed by atoms with Crippen LogP contribution in [0.2, 0.25) is 0 Å². The van der Waals surface area contributed by atoms with Gasteiger partial charge in [0.05, 0.1) is 12.5 Å². The van der Waals surface area contributed by atoms with Gasteiger partial charge in [-0.3, -0.25) is 19.2 Å². The molecule has 0 aliphatic heterocycles. The van der Waals surface area contributed by atoms with Gasteiger partial charge in [0.25, 0.3) is 0 Å². The van der Waals surface area contributed by atoms with E-state index in [0.29, 0.717) is 5.56 Å². The van der Waals surface area contributed by atoms with Crippen LogP contribution in [0.1, 0.15) is 24.8 Å². The Morgan fingerprint density at radius 1 is 1.00 bits per heavy atom. The number of nitrogens with one attached hydrogen (secondary N) is 3. The molecule has 0 spiro atoms. The van der Waals surface area contributed by atoms with Crippen LogP contribution < -0.4 is 22.1 Å². The molecule has 0 radical (unpaired) electrons. The number of amides is 3. The van der Waals surface area contributed by atoms with Crippen molar-refractivity contribution < 1.29 is 34.2 Å². The van der Waals surface area contributed by atoms with E-state index in [2.05, 4.69) is 15.6 Å². The summed E-state index contributed by atoms with van der Waals surface area (Å²) in [6.07, 6.45) is 0.335. The second kappa shape index (κ2) is 10.9. The third-order valence-corrected chi connectivity index (χ3v) is 4.75. The van der Waals surface area contributed by atoms with E-state index in [1.165, 1.54) is 0 Å². The van der Waals surface area contributed by atoms with Crippen LogP contribution >= 0.6 is 0 Å². The second-order valence-corrected chi connectivity index (χ2v) is 7.23. The molecule has 3 amide bonds. The van der Waals surface area contributed by atoms with Crippen LogP contribution in [0.25, 0.3) is 10.9 Å². The molecule has 0 saturated heterocycles. The number of aliphatic carboxylic acids is 2. The first kappa shape index (κ1) is 24.3. The Balaban J connectivity index is 2.14. The third-order valence-electron chi connectivity index (χ3n) is 4.75. The zero-order valence-electron chi connectivity index (χ0n) is 17.0. The lowest BCUT2D eigenvalue weighted by molar-refractivity contribution is -0.143. The minimum Gasteiger partial charge on any atom is -0.481 e. The van der Waals surface area contributed by atoms with Gasteiger partial charge >= 0.3 is 11.9 Å². The van der Waals surface area contributed by atoms with Crippen molar-refractivity contribution in [3.8, 4) is 0 Å². The van der Waals surface area contributed by atoms with Gasteiger partial charge in [0.1, 0.15) is 12.1 Å². The number of hydrogen-bond donors (Lipinski definition) is 7. The van der Waals surface area contributed by atoms with Gasteiger partial charge in [0.15, 0.2) is 0 Å². The average molecular weight is 447 g/mol. The highest BCUT2D eigenvalue weighted by molar-refractivity contribution is 5.94. The molecule has 172 valence electrons. The summed E-state index contributed by atoms with van der Waals surface area (Å²) in [7, 11) is 0. The van der Waals surface area contributed by atoms with E-state index < -0.39 is 60.6 Å². The number of primary amides is 1. The quantitative estimate of drug-likeness (QED) is 0.210. The number of H-pyrrole nitrogens is 1. The van der Waals surface area contributed by atoms with Crippen molar-refractivity contribution in [1.82, 2.24) is 15.6 Å². The summed E-state index contributed by atoms with van der Waals surface area (Å²) >= 11 is 0. The fourth-order valence-corrected chi connectivity index (χ4v) is 3.12. The maximum atomic E-state index is 12.7. The number of benzene rings is 1. The number of hydrogen-bond acceptors (Lipinski definition) is 6. The molecular formula is C20H25N5O7. The highest BCUT2D eigenvalue weighted by Crippen LogP contribution is 2.19. The van der Waals surface area contributed by atoms with Gasteiger partial charge in [-0.15, -0.1) is 0 Å². The Morgan fingerprint density at radius 2 is 1.66 bits per heavy atom. The SMILES string of the molecule is NC(=O)C[C@H](N)C(=O)N[C@@H](CCC(=O)O)C(=O)N[C@@H](Cc1c[nH]c2ccccc12)C(=O)O. The summed E-state index contributed by atoms with van der Waals surface area (Å²) in [6, 6.07) is 3.18. The molecule has 32 heavy (non-hydrogen) atoms. The number of aromatic amines is 1. The molecule has 12 nitrogen and oxygen atoms in total. The Bertz CT molecular complexity index is 1020. The summed E-state index contributed by atoms with van der Waals surface area (Å²) in [4.78, 5) is 61.5. The molecule has 2 aromatic rings. The van der Waals surface area contributed by atoms with E-state index in [4.69, 9.17) is 16.6 Å². The van der Waals surface area contributed by atoms with E-state index >= 15 is 0 Å². The zero-order chi connectivity index (χ0) is 23.8. The maximum absolute atomic E-state index is 12.7. The lowest BCUT2D eigenvalue weighted by atomic mass is 10.0. The van der Waals surface area contributed by atoms with Crippen molar-refractivity contribution in [3.63, 3.8) is 0 Å². The average Bonchev–Trinajstić information content (AvgIpc) is 3.12. The van der Waals surface area contributed by atoms with Crippen molar-refractivity contribution in [1.29, 1.82) is 0 Å². The molecule has 12 heteroatoms. The van der Waals surface area contributed by atoms with E-state index in [1.54, 1.807) is 18.3 Å². The summed E-state index contributed by atoms with van der Waals surface area (Å²) in [6.45, 7) is 0. The van der Waals surface area contributed by atoms with Gasteiger partial charge < -0.3 is 37.3 Å². The van der Waals surface area contributed by atoms with E-state index in [-0.39, 0.29) is 12.8 Å². The van der Waals surface area contributed by atoms with Gasteiger partial charge in [-0.25, -0.2) is 4.79 Å². The largest absolute Gasteiger partial charge is 0.481 e. The van der Waals surface area contributed by atoms with E-state index in [1.807, 2.05) is 12.1 Å². The molecule has 0 fully saturated rings. The van der Waals surface area contributed by atoms with Crippen molar-refractivity contribution in [2.45, 2.75) is 43.8 Å². The van der Waals surface area contributed by atoms with Crippen molar-refractivity contribution in [2.24, 2.45) is 11.5 Å². The molecule has 1 aromatic heterocycles. The molecule has 3 atom stereocenters. The van der Waals surface area contributed by atoms with Crippen molar-refractivity contribution in [3.05, 3.63) is 36.0 Å². The van der Waals surface area contributed by atoms with Crippen LogP contribution in [-0.4, -0.2) is 63.0 Å². The smallest absolute Gasteiger partial charge is 0.326 e. The number of nitrogens with two attached hydrogens (primary N) is 2. The molecule has 0 aliphatic rings. The molecular weight excluding hydrogens is 422 g/mol. The normalized spacial score (nSPS) is 13.7.